The van der Waals surface area contributed by atoms with Gasteiger partial charge in [-0.05, 0) is 36.2 Å². The van der Waals surface area contributed by atoms with Gasteiger partial charge in [0.2, 0.25) is 0 Å². The zero-order valence-corrected chi connectivity index (χ0v) is 18.7. The van der Waals surface area contributed by atoms with Gasteiger partial charge in [-0.1, -0.05) is 24.3 Å². The Hall–Kier alpha value is -4.15. The van der Waals surface area contributed by atoms with E-state index < -0.39 is 23.9 Å². The highest BCUT2D eigenvalue weighted by Gasteiger charge is 2.38. The number of nitrogens with two attached hydrogens (primary N) is 1. The lowest BCUT2D eigenvalue weighted by Gasteiger charge is -2.17. The molecule has 0 radical (unpaired) electrons. The monoisotopic (exact) mass is 487 g/mol. The van der Waals surface area contributed by atoms with Crippen molar-refractivity contribution in [3.05, 3.63) is 71.9 Å². The van der Waals surface area contributed by atoms with Crippen molar-refractivity contribution in [3.63, 3.8) is 0 Å². The first kappa shape index (κ1) is 24.0. The molecular weight excluding hydrogens is 466 g/mol. The number of fused-ring (bicyclic) bond motifs is 1. The molecular formula is C24H21F4N5O2. The van der Waals surface area contributed by atoms with E-state index in [1.165, 1.54) is 25.4 Å². The number of rotatable bonds is 6. The molecule has 0 saturated heterocycles. The fraction of sp³-hybridized carbons (Fsp3) is 0.208. The van der Waals surface area contributed by atoms with Gasteiger partial charge < -0.3 is 20.4 Å². The molecule has 35 heavy (non-hydrogen) atoms. The third kappa shape index (κ3) is 4.75. The Morgan fingerprint density at radius 2 is 1.89 bits per heavy atom. The number of benzene rings is 2. The van der Waals surface area contributed by atoms with Crippen molar-refractivity contribution in [2.45, 2.75) is 25.7 Å². The Bertz CT molecular complexity index is 1380. The number of halogens is 4. The van der Waals surface area contributed by atoms with E-state index >= 15 is 0 Å². The highest BCUT2D eigenvalue weighted by atomic mass is 19.4. The molecule has 4 aromatic rings. The number of hydrogen-bond acceptors (Lipinski definition) is 5. The number of carbonyl (C=O) groups is 1. The molecule has 182 valence electrons. The van der Waals surface area contributed by atoms with Crippen LogP contribution in [0.3, 0.4) is 0 Å². The van der Waals surface area contributed by atoms with Crippen LogP contribution >= 0.6 is 0 Å². The van der Waals surface area contributed by atoms with E-state index in [1.54, 1.807) is 24.3 Å². The van der Waals surface area contributed by atoms with Gasteiger partial charge in [0, 0.05) is 18.3 Å². The average Bonchev–Trinajstić information content (AvgIpc) is 3.22. The predicted molar refractivity (Wildman–Crippen MR) is 122 cm³/mol. The number of nitrogens with zero attached hydrogens (tertiary/aromatic N) is 3. The predicted octanol–water partition coefficient (Wildman–Crippen LogP) is 4.88. The Morgan fingerprint density at radius 1 is 1.17 bits per heavy atom. The van der Waals surface area contributed by atoms with E-state index in [9.17, 15) is 22.4 Å². The number of anilines is 1. The van der Waals surface area contributed by atoms with Crippen LogP contribution < -0.4 is 15.8 Å². The van der Waals surface area contributed by atoms with E-state index in [0.717, 1.165) is 23.9 Å². The summed E-state index contributed by atoms with van der Waals surface area (Å²) in [7, 11) is 1.38. The van der Waals surface area contributed by atoms with Crippen molar-refractivity contribution in [1.29, 1.82) is 0 Å². The lowest BCUT2D eigenvalue weighted by molar-refractivity contribution is -0.162. The second-order valence-electron chi connectivity index (χ2n) is 7.85. The van der Waals surface area contributed by atoms with Crippen LogP contribution in [-0.4, -0.2) is 33.7 Å². The van der Waals surface area contributed by atoms with Gasteiger partial charge in [-0.3, -0.25) is 4.79 Å². The molecule has 11 heteroatoms. The van der Waals surface area contributed by atoms with Crippen LogP contribution in [0.15, 0.2) is 55.0 Å². The fourth-order valence-corrected chi connectivity index (χ4v) is 3.72. The minimum Gasteiger partial charge on any atom is -0.496 e. The molecule has 7 nitrogen and oxygen atoms in total. The number of amides is 1. The molecule has 0 aliphatic carbocycles. The maximum atomic E-state index is 13.6. The first-order chi connectivity index (χ1) is 16.6. The van der Waals surface area contributed by atoms with Gasteiger partial charge in [-0.2, -0.15) is 13.2 Å². The molecule has 0 aliphatic heterocycles. The molecule has 3 N–H and O–H groups in total. The third-order valence-corrected chi connectivity index (χ3v) is 5.65. The first-order valence-electron chi connectivity index (χ1n) is 10.5. The molecule has 1 unspecified atom stereocenters. The van der Waals surface area contributed by atoms with Crippen LogP contribution in [0.25, 0.3) is 22.2 Å². The highest BCUT2D eigenvalue weighted by Crippen LogP contribution is 2.38. The molecule has 2 aromatic carbocycles. The SMILES string of the molecule is COc1ccc(F)cc1C(=O)NCc1ccc(-c2cn(C(C)C(F)(F)F)c3ncnc(N)c23)cc1. The molecule has 2 heterocycles. The molecule has 2 aromatic heterocycles. The van der Waals surface area contributed by atoms with Crippen LogP contribution in [0.4, 0.5) is 23.4 Å². The van der Waals surface area contributed by atoms with Gasteiger partial charge in [-0.15, -0.1) is 0 Å². The maximum Gasteiger partial charge on any atom is 0.408 e. The fourth-order valence-electron chi connectivity index (χ4n) is 3.72. The molecule has 1 atom stereocenters. The molecule has 4 rings (SSSR count). The maximum absolute atomic E-state index is 13.6. The normalized spacial score (nSPS) is 12.5. The lowest BCUT2D eigenvalue weighted by Crippen LogP contribution is -2.23. The highest BCUT2D eigenvalue weighted by molar-refractivity contribution is 6.00. The smallest absolute Gasteiger partial charge is 0.408 e. The van der Waals surface area contributed by atoms with Gasteiger partial charge in [0.1, 0.15) is 35.4 Å². The number of hydrogen-bond donors (Lipinski definition) is 2. The molecule has 1 amide bonds. The summed E-state index contributed by atoms with van der Waals surface area (Å²) in [6.07, 6.45) is -1.99. The Kier molecular flexibility index (Phi) is 6.33. The zero-order valence-electron chi connectivity index (χ0n) is 18.7. The van der Waals surface area contributed by atoms with Crippen LogP contribution in [0, 0.1) is 5.82 Å². The Labute approximate surface area is 197 Å². The van der Waals surface area contributed by atoms with Crippen molar-refractivity contribution >= 4 is 22.8 Å². The summed E-state index contributed by atoms with van der Waals surface area (Å²) >= 11 is 0. The Morgan fingerprint density at radius 3 is 2.54 bits per heavy atom. The van der Waals surface area contributed by atoms with Gasteiger partial charge >= 0.3 is 6.18 Å². The zero-order chi connectivity index (χ0) is 25.3. The van der Waals surface area contributed by atoms with Crippen molar-refractivity contribution in [2.75, 3.05) is 12.8 Å². The van der Waals surface area contributed by atoms with E-state index in [1.807, 2.05) is 0 Å². The third-order valence-electron chi connectivity index (χ3n) is 5.65. The van der Waals surface area contributed by atoms with E-state index in [-0.39, 0.29) is 29.3 Å². The summed E-state index contributed by atoms with van der Waals surface area (Å²) in [4.78, 5) is 20.4. The van der Waals surface area contributed by atoms with Crippen molar-refractivity contribution in [3.8, 4) is 16.9 Å². The second kappa shape index (κ2) is 9.24. The largest absolute Gasteiger partial charge is 0.496 e. The number of aromatic nitrogens is 3. The molecule has 0 saturated carbocycles. The van der Waals surface area contributed by atoms with Crippen LogP contribution in [-0.2, 0) is 6.54 Å². The number of ether oxygens (including phenoxy) is 1. The van der Waals surface area contributed by atoms with Gasteiger partial charge in [-0.25, -0.2) is 14.4 Å². The summed E-state index contributed by atoms with van der Waals surface area (Å²) in [5, 5.41) is 3.02. The van der Waals surface area contributed by atoms with Crippen molar-refractivity contribution < 1.29 is 27.1 Å². The van der Waals surface area contributed by atoms with Gasteiger partial charge in [0.05, 0.1) is 18.1 Å². The van der Waals surface area contributed by atoms with Crippen molar-refractivity contribution in [2.24, 2.45) is 0 Å². The van der Waals surface area contributed by atoms with Gasteiger partial charge in [0.15, 0.2) is 0 Å². The standard InChI is InChI=1S/C24H21F4N5O2/c1-13(24(26,27)28)33-11-18(20-21(29)31-12-32-22(20)33)15-5-3-14(4-6-15)10-30-23(34)17-9-16(25)7-8-19(17)35-2/h3-9,11-13H,10H2,1-2H3,(H,30,34)(H2,29,31,32). The van der Waals surface area contributed by atoms with E-state index in [4.69, 9.17) is 10.5 Å². The Balaban J connectivity index is 1.59. The summed E-state index contributed by atoms with van der Waals surface area (Å²) in [6, 6.07) is 8.67. The van der Waals surface area contributed by atoms with E-state index in [0.29, 0.717) is 22.1 Å². The topological polar surface area (TPSA) is 95.1 Å². The quantitative estimate of drug-likeness (QED) is 0.378. The molecule has 0 fully saturated rings. The van der Waals surface area contributed by atoms with E-state index in [2.05, 4.69) is 15.3 Å². The summed E-state index contributed by atoms with van der Waals surface area (Å²) < 4.78 is 59.9. The van der Waals surface area contributed by atoms with Crippen LogP contribution in [0.1, 0.15) is 28.9 Å². The molecule has 0 aliphatic rings. The second-order valence-corrected chi connectivity index (χ2v) is 7.85. The lowest BCUT2D eigenvalue weighted by atomic mass is 10.0. The van der Waals surface area contributed by atoms with Crippen LogP contribution in [0.5, 0.6) is 5.75 Å². The molecule has 0 bridgehead atoms. The number of nitrogen functional groups attached to an aromatic ring is 1. The van der Waals surface area contributed by atoms with Crippen molar-refractivity contribution in [1.82, 2.24) is 19.9 Å². The minimum atomic E-state index is -4.48. The number of alkyl halides is 3. The summed E-state index contributed by atoms with van der Waals surface area (Å²) in [5.41, 5.74) is 7.90. The summed E-state index contributed by atoms with van der Waals surface area (Å²) in [5.74, 6) is -0.774. The first-order valence-corrected chi connectivity index (χ1v) is 10.5. The minimum absolute atomic E-state index is 0.0613. The van der Waals surface area contributed by atoms with Crippen LogP contribution in [0.2, 0.25) is 0 Å². The number of carbonyl (C=O) groups excluding carboxylic acids is 1. The average molecular weight is 487 g/mol. The van der Waals surface area contributed by atoms with Gasteiger partial charge in [0.25, 0.3) is 5.91 Å². The summed E-state index contributed by atoms with van der Waals surface area (Å²) in [6.45, 7) is 1.18. The number of nitrogens with one attached hydrogen (secondary N) is 1. The molecule has 0 spiro atoms. The number of methoxy groups -OCH3 is 1.